The molecule has 0 amide bonds. The molecule has 1 heterocycles. The Bertz CT molecular complexity index is 425. The summed E-state index contributed by atoms with van der Waals surface area (Å²) < 4.78 is 11.0. The van der Waals surface area contributed by atoms with Gasteiger partial charge >= 0.3 is 0 Å². The maximum Gasteiger partial charge on any atom is 0.119 e. The van der Waals surface area contributed by atoms with Crippen molar-refractivity contribution >= 4 is 0 Å². The van der Waals surface area contributed by atoms with Crippen molar-refractivity contribution in [1.29, 1.82) is 0 Å². The zero-order valence-corrected chi connectivity index (χ0v) is 12.5. The zero-order valence-electron chi connectivity index (χ0n) is 12.5. The fourth-order valence-electron chi connectivity index (χ4n) is 2.47. The monoisotopic (exact) mass is 275 g/mol. The first kappa shape index (κ1) is 14.9. The van der Waals surface area contributed by atoms with Crippen molar-refractivity contribution in [2.24, 2.45) is 0 Å². The number of hydrogen-bond donors (Lipinski definition) is 1. The lowest BCUT2D eigenvalue weighted by atomic mass is 9.95. The quantitative estimate of drug-likeness (QED) is 0.820. The van der Waals surface area contributed by atoms with Crippen molar-refractivity contribution in [2.45, 2.75) is 39.2 Å². The third-order valence-electron chi connectivity index (χ3n) is 3.46. The van der Waals surface area contributed by atoms with Gasteiger partial charge in [0.2, 0.25) is 0 Å². The highest BCUT2D eigenvalue weighted by Crippen LogP contribution is 2.28. The lowest BCUT2D eigenvalue weighted by Gasteiger charge is -2.25. The number of benzene rings is 1. The van der Waals surface area contributed by atoms with Gasteiger partial charge in [-0.25, -0.2) is 0 Å². The molecule has 1 aliphatic heterocycles. The van der Waals surface area contributed by atoms with E-state index in [1.165, 1.54) is 11.1 Å². The van der Waals surface area contributed by atoms with Crippen LogP contribution in [0.1, 0.15) is 44.7 Å². The Balaban J connectivity index is 2.14. The Hall–Kier alpha value is -1.48. The van der Waals surface area contributed by atoms with E-state index in [0.29, 0.717) is 6.61 Å². The van der Waals surface area contributed by atoms with E-state index in [-0.39, 0.29) is 6.04 Å². The molecule has 0 bridgehead atoms. The summed E-state index contributed by atoms with van der Waals surface area (Å²) in [5, 5.41) is 3.62. The van der Waals surface area contributed by atoms with E-state index in [2.05, 4.69) is 24.4 Å². The molecule has 20 heavy (non-hydrogen) atoms. The molecule has 2 rings (SSSR count). The summed E-state index contributed by atoms with van der Waals surface area (Å²) in [6, 6.07) is 8.64. The molecule has 3 heteroatoms. The van der Waals surface area contributed by atoms with Crippen molar-refractivity contribution < 1.29 is 9.47 Å². The Morgan fingerprint density at radius 1 is 1.25 bits per heavy atom. The van der Waals surface area contributed by atoms with E-state index >= 15 is 0 Å². The Kier molecular flexibility index (Phi) is 5.93. The SMILES string of the molecule is CCCNC(C1=COCCC1)c1ccc(OCC)cc1. The van der Waals surface area contributed by atoms with Crippen LogP contribution in [-0.2, 0) is 4.74 Å². The van der Waals surface area contributed by atoms with Crippen molar-refractivity contribution in [3.8, 4) is 5.75 Å². The van der Waals surface area contributed by atoms with Crippen LogP contribution in [0.5, 0.6) is 5.75 Å². The molecule has 1 N–H and O–H groups in total. The van der Waals surface area contributed by atoms with E-state index in [1.54, 1.807) is 0 Å². The van der Waals surface area contributed by atoms with Crippen molar-refractivity contribution in [1.82, 2.24) is 5.32 Å². The van der Waals surface area contributed by atoms with E-state index in [0.717, 1.165) is 38.2 Å². The standard InChI is InChI=1S/C17H25NO2/c1-3-11-18-17(15-6-5-12-19-13-15)14-7-9-16(10-8-14)20-4-2/h7-10,13,17-18H,3-6,11-12H2,1-2H3. The first-order valence-corrected chi connectivity index (χ1v) is 7.61. The van der Waals surface area contributed by atoms with Gasteiger partial charge in [-0.3, -0.25) is 0 Å². The van der Waals surface area contributed by atoms with Gasteiger partial charge in [-0.15, -0.1) is 0 Å². The van der Waals surface area contributed by atoms with Crippen LogP contribution >= 0.6 is 0 Å². The summed E-state index contributed by atoms with van der Waals surface area (Å²) in [4.78, 5) is 0. The van der Waals surface area contributed by atoms with Crippen molar-refractivity contribution in [3.63, 3.8) is 0 Å². The lowest BCUT2D eigenvalue weighted by Crippen LogP contribution is -2.25. The summed E-state index contributed by atoms with van der Waals surface area (Å²) >= 11 is 0. The van der Waals surface area contributed by atoms with Gasteiger partial charge in [-0.05, 0) is 56.0 Å². The van der Waals surface area contributed by atoms with Gasteiger partial charge in [-0.1, -0.05) is 19.1 Å². The summed E-state index contributed by atoms with van der Waals surface area (Å²) in [6.07, 6.45) is 5.27. The van der Waals surface area contributed by atoms with Crippen LogP contribution in [0.25, 0.3) is 0 Å². The normalized spacial score (nSPS) is 16.2. The Morgan fingerprint density at radius 3 is 2.65 bits per heavy atom. The number of rotatable bonds is 7. The van der Waals surface area contributed by atoms with Crippen LogP contribution in [0.3, 0.4) is 0 Å². The second-order valence-electron chi connectivity index (χ2n) is 5.06. The van der Waals surface area contributed by atoms with Crippen LogP contribution in [-0.4, -0.2) is 19.8 Å². The average molecular weight is 275 g/mol. The van der Waals surface area contributed by atoms with Gasteiger partial charge in [0.05, 0.1) is 25.5 Å². The van der Waals surface area contributed by atoms with Crippen molar-refractivity contribution in [3.05, 3.63) is 41.7 Å². The lowest BCUT2D eigenvalue weighted by molar-refractivity contribution is 0.219. The minimum atomic E-state index is 0.255. The van der Waals surface area contributed by atoms with Crippen LogP contribution in [0.15, 0.2) is 36.1 Å². The molecule has 0 aliphatic carbocycles. The molecule has 1 aromatic carbocycles. The number of hydrogen-bond acceptors (Lipinski definition) is 3. The third-order valence-corrected chi connectivity index (χ3v) is 3.46. The predicted molar refractivity (Wildman–Crippen MR) is 81.9 cm³/mol. The maximum absolute atomic E-state index is 5.51. The van der Waals surface area contributed by atoms with Gasteiger partial charge < -0.3 is 14.8 Å². The van der Waals surface area contributed by atoms with Gasteiger partial charge in [0.25, 0.3) is 0 Å². The van der Waals surface area contributed by atoms with E-state index in [4.69, 9.17) is 9.47 Å². The number of ether oxygens (including phenoxy) is 2. The van der Waals surface area contributed by atoms with Gasteiger partial charge in [-0.2, -0.15) is 0 Å². The molecule has 0 aromatic heterocycles. The molecule has 3 nitrogen and oxygen atoms in total. The molecule has 0 saturated heterocycles. The summed E-state index contributed by atoms with van der Waals surface area (Å²) in [7, 11) is 0. The first-order chi connectivity index (χ1) is 9.85. The molecular formula is C17H25NO2. The second kappa shape index (κ2) is 7.95. The van der Waals surface area contributed by atoms with Crippen molar-refractivity contribution in [2.75, 3.05) is 19.8 Å². The highest BCUT2D eigenvalue weighted by Gasteiger charge is 2.18. The minimum absolute atomic E-state index is 0.255. The fourth-order valence-corrected chi connectivity index (χ4v) is 2.47. The Morgan fingerprint density at radius 2 is 2.05 bits per heavy atom. The molecule has 0 saturated carbocycles. The van der Waals surface area contributed by atoms with Crippen LogP contribution in [0.4, 0.5) is 0 Å². The average Bonchev–Trinajstić information content (AvgIpc) is 2.51. The molecule has 0 radical (unpaired) electrons. The van der Waals surface area contributed by atoms with Crippen LogP contribution in [0.2, 0.25) is 0 Å². The highest BCUT2D eigenvalue weighted by atomic mass is 16.5. The van der Waals surface area contributed by atoms with E-state index < -0.39 is 0 Å². The Labute approximate surface area is 122 Å². The first-order valence-electron chi connectivity index (χ1n) is 7.61. The summed E-state index contributed by atoms with van der Waals surface area (Å²) in [5.74, 6) is 0.930. The van der Waals surface area contributed by atoms with Crippen LogP contribution < -0.4 is 10.1 Å². The minimum Gasteiger partial charge on any atom is -0.501 e. The molecule has 1 unspecified atom stereocenters. The van der Waals surface area contributed by atoms with E-state index in [9.17, 15) is 0 Å². The molecular weight excluding hydrogens is 250 g/mol. The predicted octanol–water partition coefficient (Wildman–Crippen LogP) is 3.82. The maximum atomic E-state index is 5.51. The number of nitrogens with one attached hydrogen (secondary N) is 1. The summed E-state index contributed by atoms with van der Waals surface area (Å²) in [5.41, 5.74) is 2.62. The molecule has 1 atom stereocenters. The zero-order chi connectivity index (χ0) is 14.2. The molecule has 1 aliphatic rings. The molecule has 110 valence electrons. The topological polar surface area (TPSA) is 30.5 Å². The van der Waals surface area contributed by atoms with E-state index in [1.807, 2.05) is 25.3 Å². The molecule has 0 spiro atoms. The fraction of sp³-hybridized carbons (Fsp3) is 0.529. The smallest absolute Gasteiger partial charge is 0.119 e. The van der Waals surface area contributed by atoms with Gasteiger partial charge in [0.1, 0.15) is 5.75 Å². The second-order valence-corrected chi connectivity index (χ2v) is 5.06. The largest absolute Gasteiger partial charge is 0.501 e. The van der Waals surface area contributed by atoms with Gasteiger partial charge in [0.15, 0.2) is 0 Å². The van der Waals surface area contributed by atoms with Gasteiger partial charge in [0, 0.05) is 0 Å². The molecule has 0 fully saturated rings. The highest BCUT2D eigenvalue weighted by molar-refractivity contribution is 5.33. The summed E-state index contributed by atoms with van der Waals surface area (Å²) in [6.45, 7) is 6.75. The molecule has 1 aromatic rings. The van der Waals surface area contributed by atoms with Crippen LogP contribution in [0, 0.1) is 0 Å². The third kappa shape index (κ3) is 4.01.